The van der Waals surface area contributed by atoms with Gasteiger partial charge in [-0.25, -0.2) is 0 Å². The van der Waals surface area contributed by atoms with Crippen molar-refractivity contribution in [3.05, 3.63) is 105 Å². The summed E-state index contributed by atoms with van der Waals surface area (Å²) in [5.41, 5.74) is 4.90. The summed E-state index contributed by atoms with van der Waals surface area (Å²) in [7, 11) is 0. The zero-order chi connectivity index (χ0) is 65.2. The van der Waals surface area contributed by atoms with E-state index < -0.39 is 0 Å². The van der Waals surface area contributed by atoms with Gasteiger partial charge in [0.15, 0.2) is 0 Å². The Morgan fingerprint density at radius 3 is 1.18 bits per heavy atom. The Balaban J connectivity index is 1.36. The molecule has 7 heterocycles. The summed E-state index contributed by atoms with van der Waals surface area (Å²) in [5, 5.41) is 3.46. The lowest BCUT2D eigenvalue weighted by atomic mass is 9.88. The van der Waals surface area contributed by atoms with E-state index in [2.05, 4.69) is 105 Å². The fourth-order valence-corrected chi connectivity index (χ4v) is 20.3. The van der Waals surface area contributed by atoms with Crippen molar-refractivity contribution in [3.8, 4) is 20.9 Å². The van der Waals surface area contributed by atoms with Gasteiger partial charge in [0.05, 0.1) is 40.6 Å². The van der Waals surface area contributed by atoms with Crippen LogP contribution in [0.4, 0.5) is 0 Å². The van der Waals surface area contributed by atoms with E-state index in [9.17, 15) is 0 Å². The standard InChI is InChI=1S/C82H126N2O2S5/c1-13-17-21-25-29-33-35-39-43-46-50-63(49-45-41-37-31-27-23-19-15-3)56-65-58-83-74(77-71(65)62(6)89-68(60-87-77)67-53-54-69(90-67)81(7,8)9)72-73(80(83)86)75-78-76(91-70(82(10,11)12)55-61(5)88-78)66(59-84(75)79(72)85)57-64(51-47-42-38-32-28-24-20-16-4)52-48-44-40-36-34-30-26-22-18-14-2/h53-55,58-60,63-64H,5-6,13-52,56-57H2,1-4,7-12H3. The highest BCUT2D eigenvalue weighted by Crippen LogP contribution is 2.39. The van der Waals surface area contributed by atoms with Gasteiger partial charge >= 0.3 is 0 Å². The van der Waals surface area contributed by atoms with Gasteiger partial charge in [0.25, 0.3) is 11.1 Å². The third-order valence-corrected chi connectivity index (χ3v) is 26.4. The summed E-state index contributed by atoms with van der Waals surface area (Å²) in [4.78, 5) is 37.2. The minimum atomic E-state index is -0.115. The molecule has 6 aliphatic rings. The molecular formula is C82H126N2O2S5. The van der Waals surface area contributed by atoms with Crippen LogP contribution in [-0.2, 0) is 23.7 Å². The molecule has 0 aliphatic carbocycles. The molecule has 2 unspecified atom stereocenters. The number of fused-ring (bicyclic) bond motifs is 7. The summed E-state index contributed by atoms with van der Waals surface area (Å²) in [6.07, 6.45) is 59.0. The number of rotatable bonds is 45. The van der Waals surface area contributed by atoms with Crippen LogP contribution in [0.25, 0.3) is 45.1 Å². The van der Waals surface area contributed by atoms with Crippen molar-refractivity contribution in [2.45, 2.75) is 350 Å². The van der Waals surface area contributed by atoms with Crippen molar-refractivity contribution in [2.75, 3.05) is 0 Å². The normalized spacial score (nSPS) is 13.1. The number of thiophene rings is 1. The smallest absolute Gasteiger partial charge is 0.265 e. The molecule has 9 heteroatoms. The lowest BCUT2D eigenvalue weighted by Crippen LogP contribution is -2.15. The van der Waals surface area contributed by atoms with Crippen molar-refractivity contribution in [2.24, 2.45) is 11.8 Å². The second-order valence-corrected chi connectivity index (χ2v) is 35.3. The van der Waals surface area contributed by atoms with E-state index in [0.29, 0.717) is 23.0 Å². The third kappa shape index (κ3) is 22.5. The fourth-order valence-electron chi connectivity index (χ4n) is 14.3. The van der Waals surface area contributed by atoms with Gasteiger partial charge in [0.2, 0.25) is 0 Å². The molecule has 0 amide bonds. The monoisotopic (exact) mass is 1330 g/mol. The number of hydrogen-bond donors (Lipinski definition) is 0. The van der Waals surface area contributed by atoms with Gasteiger partial charge in [0, 0.05) is 46.7 Å². The Bertz CT molecular complexity index is 3620. The Kier molecular flexibility index (Phi) is 32.4. The van der Waals surface area contributed by atoms with E-state index >= 15 is 9.59 Å². The zero-order valence-corrected chi connectivity index (χ0v) is 63.6. The van der Waals surface area contributed by atoms with E-state index in [-0.39, 0.29) is 21.9 Å². The van der Waals surface area contributed by atoms with Crippen LogP contribution in [0.3, 0.4) is 0 Å². The Hall–Kier alpha value is -3.08. The fraction of sp³-hybridized carbons (Fsp3) is 0.683. The number of aromatic nitrogens is 2. The summed E-state index contributed by atoms with van der Waals surface area (Å²) >= 11 is 8.95. The predicted octanol–water partition coefficient (Wildman–Crippen LogP) is 26.0. The highest BCUT2D eigenvalue weighted by molar-refractivity contribution is 7.22. The van der Waals surface area contributed by atoms with Crippen LogP contribution < -0.4 is 20.2 Å². The Morgan fingerprint density at radius 1 is 0.407 bits per heavy atom. The molecule has 7 rings (SSSR count). The van der Waals surface area contributed by atoms with E-state index in [1.54, 1.807) is 34.0 Å². The average molecular weight is 1330 g/mol. The molecule has 2 atom stereocenters. The van der Waals surface area contributed by atoms with Gasteiger partial charge in [-0.1, -0.05) is 339 Å². The largest absolute Gasteiger partial charge is 0.281 e. The van der Waals surface area contributed by atoms with Gasteiger partial charge in [-0.15, -0.1) is 56.7 Å². The second kappa shape index (κ2) is 39.2. The minimum absolute atomic E-state index is 0.0418. The molecule has 0 saturated heterocycles. The first-order chi connectivity index (χ1) is 44.0. The van der Waals surface area contributed by atoms with E-state index in [1.165, 1.54) is 292 Å². The Labute approximate surface area is 573 Å². The molecule has 4 nitrogen and oxygen atoms in total. The van der Waals surface area contributed by atoms with Gasteiger partial charge in [0.1, 0.15) is 0 Å². The maximum absolute atomic E-state index is 16.1. The first-order valence-corrected chi connectivity index (χ1v) is 41.8. The molecule has 0 N–H and O–H groups in total. The maximum Gasteiger partial charge on any atom is 0.265 e. The van der Waals surface area contributed by atoms with Crippen molar-refractivity contribution in [1.82, 2.24) is 8.80 Å². The summed E-state index contributed by atoms with van der Waals surface area (Å²) in [5.74, 6) is 1.02. The van der Waals surface area contributed by atoms with Gasteiger partial charge in [-0.3, -0.25) is 18.4 Å². The summed E-state index contributed by atoms with van der Waals surface area (Å²) in [6, 6.07) is 6.88. The molecule has 506 valence electrons. The number of unbranched alkanes of at least 4 members (excludes halogenated alkanes) is 32. The van der Waals surface area contributed by atoms with Crippen LogP contribution in [0.1, 0.15) is 347 Å². The topological polar surface area (TPSA) is 43.0 Å². The highest BCUT2D eigenvalue weighted by atomic mass is 32.1. The molecule has 6 aliphatic heterocycles. The molecule has 1 aromatic rings. The first kappa shape index (κ1) is 75.3. The molecule has 91 heavy (non-hydrogen) atoms. The molecule has 0 bridgehead atoms. The predicted molar refractivity (Wildman–Crippen MR) is 410 cm³/mol. The average Bonchev–Trinajstić information content (AvgIpc) is 1.54. The quantitative estimate of drug-likeness (QED) is 0.0357. The highest BCUT2D eigenvalue weighted by Gasteiger charge is 2.31. The van der Waals surface area contributed by atoms with Crippen LogP contribution in [0, 0.1) is 30.7 Å². The van der Waals surface area contributed by atoms with Crippen LogP contribution >= 0.6 is 56.7 Å². The van der Waals surface area contributed by atoms with Crippen molar-refractivity contribution >= 4 is 80.9 Å². The Morgan fingerprint density at radius 2 is 0.780 bits per heavy atom. The maximum atomic E-state index is 16.1. The van der Waals surface area contributed by atoms with Gasteiger partial charge in [-0.2, -0.15) is 0 Å². The molecule has 0 aromatic carbocycles. The van der Waals surface area contributed by atoms with Crippen molar-refractivity contribution in [1.29, 1.82) is 0 Å². The van der Waals surface area contributed by atoms with Crippen molar-refractivity contribution < 1.29 is 0 Å². The molecule has 0 spiro atoms. The lowest BCUT2D eigenvalue weighted by molar-refractivity contribution is 0.399. The molecule has 0 saturated carbocycles. The van der Waals surface area contributed by atoms with Gasteiger partial charge in [-0.05, 0) is 64.8 Å². The molecular weight excluding hydrogens is 1210 g/mol. The van der Waals surface area contributed by atoms with Crippen LogP contribution in [0.15, 0.2) is 45.6 Å². The molecule has 1 aromatic heterocycles. The van der Waals surface area contributed by atoms with E-state index in [1.807, 2.05) is 31.5 Å². The van der Waals surface area contributed by atoms with Crippen LogP contribution in [-0.4, -0.2) is 8.80 Å². The summed E-state index contributed by atoms with van der Waals surface area (Å²) in [6.45, 7) is 32.8. The summed E-state index contributed by atoms with van der Waals surface area (Å²) < 4.78 is 9.12. The zero-order valence-electron chi connectivity index (χ0n) is 59.5. The number of nitrogens with zero attached hydrogens (tertiary/aromatic N) is 2. The van der Waals surface area contributed by atoms with Crippen molar-refractivity contribution in [3.63, 3.8) is 0 Å². The first-order valence-electron chi connectivity index (χ1n) is 37.7. The van der Waals surface area contributed by atoms with E-state index in [4.69, 9.17) is 13.2 Å². The minimum Gasteiger partial charge on any atom is -0.281 e. The molecule has 0 fully saturated rings. The van der Waals surface area contributed by atoms with Crippen LogP contribution in [0.2, 0.25) is 0 Å². The van der Waals surface area contributed by atoms with Crippen LogP contribution in [0.5, 0.6) is 0 Å². The lowest BCUT2D eigenvalue weighted by Gasteiger charge is -2.19. The van der Waals surface area contributed by atoms with E-state index in [0.717, 1.165) is 47.2 Å². The van der Waals surface area contributed by atoms with Gasteiger partial charge < -0.3 is 0 Å². The SMILES string of the molecule is C=c1cc(C(C)(C)C)sc2c(CC(CCCCCCCCCC)CCCCCCCCCCCC)cn3c(=O)c4c5c6scc(-c7ccc(C(C)(C)C)s7)sc(=C)c=6c(CC(CCCCCCCCCC)CCCCCCCCCCCC)cn5c(=O)c-4c3c=2s1. The third-order valence-electron chi connectivity index (χ3n) is 19.9. The number of hydrogen-bond acceptors (Lipinski definition) is 7. The second-order valence-electron chi connectivity index (χ2n) is 30.0. The molecule has 0 radical (unpaired) electrons.